The van der Waals surface area contributed by atoms with Gasteiger partial charge in [0, 0.05) is 29.9 Å². The monoisotopic (exact) mass is 354 g/mol. The van der Waals surface area contributed by atoms with E-state index in [1.54, 1.807) is 6.92 Å². The van der Waals surface area contributed by atoms with Gasteiger partial charge in [0.25, 0.3) is 0 Å². The fourth-order valence-electron chi connectivity index (χ4n) is 1.86. The van der Waals surface area contributed by atoms with Gasteiger partial charge in [0.1, 0.15) is 5.60 Å². The summed E-state index contributed by atoms with van der Waals surface area (Å²) in [6, 6.07) is 3.82. The Balaban J connectivity index is 2.50. The molecule has 0 spiro atoms. The third-order valence-electron chi connectivity index (χ3n) is 3.33. The maximum absolute atomic E-state index is 11.8. The van der Waals surface area contributed by atoms with E-state index in [2.05, 4.69) is 20.9 Å². The Kier molecular flexibility index (Phi) is 7.69. The van der Waals surface area contributed by atoms with E-state index in [1.165, 1.54) is 11.3 Å². The van der Waals surface area contributed by atoms with Crippen molar-refractivity contribution in [1.82, 2.24) is 16.0 Å². The molecule has 4 N–H and O–H groups in total. The number of carbonyl (C=O) groups is 1. The number of thiophene rings is 1. The van der Waals surface area contributed by atoms with Gasteiger partial charge in [0.2, 0.25) is 5.91 Å². The Hall–Kier alpha value is -1.60. The molecule has 24 heavy (non-hydrogen) atoms. The van der Waals surface area contributed by atoms with E-state index in [1.807, 2.05) is 45.2 Å². The Bertz CT molecular complexity index is 533. The lowest BCUT2D eigenvalue weighted by atomic mass is 9.96. The van der Waals surface area contributed by atoms with E-state index < -0.39 is 11.0 Å². The lowest BCUT2D eigenvalue weighted by Crippen LogP contribution is -2.44. The zero-order chi connectivity index (χ0) is 18.2. The number of nitrogens with one attached hydrogen (secondary N) is 3. The molecule has 1 atom stereocenters. The van der Waals surface area contributed by atoms with E-state index in [0.29, 0.717) is 19.0 Å². The molecule has 1 heterocycles. The lowest BCUT2D eigenvalue weighted by molar-refractivity contribution is -0.128. The summed E-state index contributed by atoms with van der Waals surface area (Å²) in [5.74, 6) is 0.645. The summed E-state index contributed by atoms with van der Waals surface area (Å²) in [5.41, 5.74) is -1.38. The maximum atomic E-state index is 11.8. The van der Waals surface area contributed by atoms with Crippen LogP contribution in [0.1, 0.15) is 39.5 Å². The van der Waals surface area contributed by atoms with Crippen LogP contribution in [-0.2, 0) is 10.4 Å². The minimum atomic E-state index is -0.989. The second-order valence-electron chi connectivity index (χ2n) is 6.88. The zero-order valence-corrected chi connectivity index (χ0v) is 16.1. The molecule has 1 unspecified atom stereocenters. The fraction of sp³-hybridized carbons (Fsp3) is 0.647. The fourth-order valence-corrected chi connectivity index (χ4v) is 2.64. The second-order valence-corrected chi connectivity index (χ2v) is 7.83. The van der Waals surface area contributed by atoms with Gasteiger partial charge in [0.15, 0.2) is 5.96 Å². The smallest absolute Gasteiger partial charge is 0.225 e. The zero-order valence-electron chi connectivity index (χ0n) is 15.3. The molecule has 7 heteroatoms. The average molecular weight is 355 g/mol. The molecule has 0 aromatic carbocycles. The molecule has 1 aromatic rings. The minimum absolute atomic E-state index is 0.0202. The summed E-state index contributed by atoms with van der Waals surface area (Å²) in [5, 5.41) is 21.6. The molecule has 0 radical (unpaired) electrons. The Morgan fingerprint density at radius 3 is 2.42 bits per heavy atom. The molecule has 1 aromatic heterocycles. The lowest BCUT2D eigenvalue weighted by Gasteiger charge is -2.21. The van der Waals surface area contributed by atoms with Crippen molar-refractivity contribution >= 4 is 23.2 Å². The Morgan fingerprint density at radius 1 is 1.21 bits per heavy atom. The van der Waals surface area contributed by atoms with Crippen LogP contribution in [0.3, 0.4) is 0 Å². The van der Waals surface area contributed by atoms with Crippen LogP contribution in [0.4, 0.5) is 0 Å². The third kappa shape index (κ3) is 6.88. The topological polar surface area (TPSA) is 85.8 Å². The van der Waals surface area contributed by atoms with Crippen molar-refractivity contribution in [3.8, 4) is 0 Å². The molecular formula is C17H30N4O2S. The molecule has 0 aliphatic carbocycles. The summed E-state index contributed by atoms with van der Waals surface area (Å²) >= 11 is 1.51. The normalized spacial score (nSPS) is 14.8. The van der Waals surface area contributed by atoms with Gasteiger partial charge in [-0.25, -0.2) is 4.99 Å². The number of guanidine groups is 1. The van der Waals surface area contributed by atoms with Crippen molar-refractivity contribution in [2.24, 2.45) is 10.4 Å². The highest BCUT2D eigenvalue weighted by Gasteiger charge is 2.24. The summed E-state index contributed by atoms with van der Waals surface area (Å²) in [6.07, 6.45) is 0. The van der Waals surface area contributed by atoms with Gasteiger partial charge in [-0.2, -0.15) is 0 Å². The molecule has 1 amide bonds. The van der Waals surface area contributed by atoms with Crippen molar-refractivity contribution in [2.45, 2.75) is 40.2 Å². The van der Waals surface area contributed by atoms with Gasteiger partial charge in [0.05, 0.1) is 6.54 Å². The maximum Gasteiger partial charge on any atom is 0.225 e. The summed E-state index contributed by atoms with van der Waals surface area (Å²) < 4.78 is 0. The average Bonchev–Trinajstić information content (AvgIpc) is 3.03. The first-order valence-corrected chi connectivity index (χ1v) is 9.11. The largest absolute Gasteiger partial charge is 0.383 e. The summed E-state index contributed by atoms with van der Waals surface area (Å²) in [7, 11) is 0. The van der Waals surface area contributed by atoms with Crippen LogP contribution in [0, 0.1) is 5.41 Å². The molecule has 6 nitrogen and oxygen atoms in total. The molecule has 0 saturated heterocycles. The van der Waals surface area contributed by atoms with Crippen molar-refractivity contribution in [3.05, 3.63) is 22.4 Å². The second kappa shape index (κ2) is 9.03. The Morgan fingerprint density at radius 2 is 1.88 bits per heavy atom. The number of hydrogen-bond acceptors (Lipinski definition) is 4. The highest BCUT2D eigenvalue weighted by molar-refractivity contribution is 7.10. The molecular weight excluding hydrogens is 324 g/mol. The van der Waals surface area contributed by atoms with Crippen LogP contribution in [0.5, 0.6) is 0 Å². The van der Waals surface area contributed by atoms with Crippen molar-refractivity contribution < 1.29 is 9.90 Å². The molecule has 0 saturated carbocycles. The number of aliphatic imine (C=N–C) groups is 1. The van der Waals surface area contributed by atoms with Crippen molar-refractivity contribution in [2.75, 3.05) is 26.2 Å². The van der Waals surface area contributed by atoms with Gasteiger partial charge in [-0.05, 0) is 25.3 Å². The molecule has 1 rings (SSSR count). The number of rotatable bonds is 7. The molecule has 0 fully saturated rings. The van der Waals surface area contributed by atoms with Crippen LogP contribution in [0.25, 0.3) is 0 Å². The summed E-state index contributed by atoms with van der Waals surface area (Å²) in [4.78, 5) is 17.1. The highest BCUT2D eigenvalue weighted by atomic mass is 32.1. The molecule has 0 aliphatic rings. The van der Waals surface area contributed by atoms with Crippen molar-refractivity contribution in [1.29, 1.82) is 0 Å². The molecule has 136 valence electrons. The van der Waals surface area contributed by atoms with Gasteiger partial charge in [-0.3, -0.25) is 4.79 Å². The molecule has 0 aliphatic heterocycles. The van der Waals surface area contributed by atoms with E-state index in [-0.39, 0.29) is 12.5 Å². The van der Waals surface area contributed by atoms with Gasteiger partial charge in [-0.1, -0.05) is 26.8 Å². The van der Waals surface area contributed by atoms with Crippen molar-refractivity contribution in [3.63, 3.8) is 0 Å². The number of nitrogens with zero attached hydrogens (tertiary/aromatic N) is 1. The van der Waals surface area contributed by atoms with Crippen LogP contribution < -0.4 is 16.0 Å². The number of carbonyl (C=O) groups excluding carboxylic acids is 1. The minimum Gasteiger partial charge on any atom is -0.383 e. The van der Waals surface area contributed by atoms with E-state index in [0.717, 1.165) is 11.4 Å². The first-order valence-electron chi connectivity index (χ1n) is 8.23. The predicted octanol–water partition coefficient (Wildman–Crippen LogP) is 1.67. The van der Waals surface area contributed by atoms with Crippen LogP contribution in [-0.4, -0.2) is 43.2 Å². The quantitative estimate of drug-likeness (QED) is 0.341. The predicted molar refractivity (Wildman–Crippen MR) is 100 cm³/mol. The van der Waals surface area contributed by atoms with Crippen LogP contribution >= 0.6 is 11.3 Å². The Labute approximate surface area is 148 Å². The first-order chi connectivity index (χ1) is 11.2. The van der Waals surface area contributed by atoms with Gasteiger partial charge in [-0.15, -0.1) is 11.3 Å². The van der Waals surface area contributed by atoms with Crippen LogP contribution in [0.15, 0.2) is 22.5 Å². The number of amides is 1. The van der Waals surface area contributed by atoms with Gasteiger partial charge < -0.3 is 21.1 Å². The van der Waals surface area contributed by atoms with E-state index in [4.69, 9.17) is 0 Å². The standard InChI is InChI=1S/C17H30N4O2S/c1-6-18-15(20-10-9-19-14(22)16(2,3)4)21-12-17(5,23)13-8-7-11-24-13/h7-8,11,23H,6,9-10,12H2,1-5H3,(H,19,22)(H2,18,20,21). The first kappa shape index (κ1) is 20.4. The third-order valence-corrected chi connectivity index (χ3v) is 4.45. The number of hydrogen-bond donors (Lipinski definition) is 4. The highest BCUT2D eigenvalue weighted by Crippen LogP contribution is 2.25. The molecule has 0 bridgehead atoms. The number of aliphatic hydroxyl groups is 1. The SMILES string of the molecule is CCNC(=NCC(C)(O)c1cccs1)NCCNC(=O)C(C)(C)C. The van der Waals surface area contributed by atoms with E-state index in [9.17, 15) is 9.90 Å². The summed E-state index contributed by atoms with van der Waals surface area (Å²) in [6.45, 7) is 11.5. The van der Waals surface area contributed by atoms with E-state index >= 15 is 0 Å². The van der Waals surface area contributed by atoms with Gasteiger partial charge >= 0.3 is 0 Å². The van der Waals surface area contributed by atoms with Crippen LogP contribution in [0.2, 0.25) is 0 Å².